The maximum absolute atomic E-state index is 6.50. The largest absolute Gasteiger partial charge is 0.437 e. The molecule has 0 atom stereocenters. The zero-order valence-electron chi connectivity index (χ0n) is 13.9. The average molecular weight is 307 g/mol. The van der Waals surface area contributed by atoms with Gasteiger partial charge in [0.25, 0.3) is 0 Å². The molecular weight excluding hydrogens is 272 g/mol. The van der Waals surface area contributed by atoms with Crippen LogP contribution in [0.5, 0.6) is 0 Å². The van der Waals surface area contributed by atoms with Gasteiger partial charge in [-0.3, -0.25) is 0 Å². The van der Waals surface area contributed by atoms with Gasteiger partial charge in [-0.1, -0.05) is 33.1 Å². The molecule has 0 aliphatic carbocycles. The minimum absolute atomic E-state index is 1.22. The summed E-state index contributed by atoms with van der Waals surface area (Å²) in [6.45, 7) is 18.3. The predicted octanol–water partition coefficient (Wildman–Crippen LogP) is 5.34. The molecule has 0 heterocycles. The van der Waals surface area contributed by atoms with E-state index >= 15 is 0 Å². The molecule has 0 saturated heterocycles. The standard InChI is InChI=1S/C13H34O2Si3/c1-9-11-13-17(5,6)15-18(7,8)14-16(3,4)12-10-2/h9-13H2,1-8H3. The van der Waals surface area contributed by atoms with Crippen LogP contribution in [0.3, 0.4) is 0 Å². The van der Waals surface area contributed by atoms with Gasteiger partial charge in [0.05, 0.1) is 0 Å². The van der Waals surface area contributed by atoms with Crippen LogP contribution in [0.25, 0.3) is 0 Å². The molecule has 0 radical (unpaired) electrons. The molecule has 0 fully saturated rings. The Morgan fingerprint density at radius 1 is 0.667 bits per heavy atom. The van der Waals surface area contributed by atoms with Gasteiger partial charge in [-0.15, -0.1) is 0 Å². The Morgan fingerprint density at radius 2 is 1.11 bits per heavy atom. The molecule has 0 rings (SSSR count). The average Bonchev–Trinajstić information content (AvgIpc) is 2.10. The van der Waals surface area contributed by atoms with Crippen molar-refractivity contribution in [3.63, 3.8) is 0 Å². The van der Waals surface area contributed by atoms with Crippen LogP contribution in [0.1, 0.15) is 33.1 Å². The fourth-order valence-electron chi connectivity index (χ4n) is 2.66. The van der Waals surface area contributed by atoms with Gasteiger partial charge in [-0.25, -0.2) is 0 Å². The van der Waals surface area contributed by atoms with Gasteiger partial charge in [0.1, 0.15) is 0 Å². The highest BCUT2D eigenvalue weighted by atomic mass is 28.5. The van der Waals surface area contributed by atoms with Gasteiger partial charge in [0, 0.05) is 0 Å². The van der Waals surface area contributed by atoms with E-state index in [0.29, 0.717) is 0 Å². The topological polar surface area (TPSA) is 18.5 Å². The van der Waals surface area contributed by atoms with E-state index in [-0.39, 0.29) is 0 Å². The summed E-state index contributed by atoms with van der Waals surface area (Å²) in [5.74, 6) is 0. The number of hydrogen-bond acceptors (Lipinski definition) is 2. The molecule has 0 aromatic rings. The molecule has 0 spiro atoms. The Morgan fingerprint density at radius 3 is 1.50 bits per heavy atom. The lowest BCUT2D eigenvalue weighted by Gasteiger charge is -2.38. The van der Waals surface area contributed by atoms with Gasteiger partial charge in [0.2, 0.25) is 0 Å². The second-order valence-corrected chi connectivity index (χ2v) is 19.4. The predicted molar refractivity (Wildman–Crippen MR) is 89.4 cm³/mol. The highest BCUT2D eigenvalue weighted by Gasteiger charge is 2.38. The Kier molecular flexibility index (Phi) is 7.61. The van der Waals surface area contributed by atoms with Gasteiger partial charge >= 0.3 is 8.56 Å². The van der Waals surface area contributed by atoms with Crippen molar-refractivity contribution in [3.05, 3.63) is 0 Å². The normalized spacial score (nSPS) is 14.0. The molecule has 5 heteroatoms. The van der Waals surface area contributed by atoms with Gasteiger partial charge in [-0.2, -0.15) is 0 Å². The number of unbranched alkanes of at least 4 members (excludes halogenated alkanes) is 1. The van der Waals surface area contributed by atoms with E-state index in [4.69, 9.17) is 8.23 Å². The second-order valence-electron chi connectivity index (χ2n) is 6.98. The first-order valence-electron chi connectivity index (χ1n) is 7.44. The summed E-state index contributed by atoms with van der Waals surface area (Å²) >= 11 is 0. The first-order valence-corrected chi connectivity index (χ1v) is 16.5. The van der Waals surface area contributed by atoms with Crippen LogP contribution in [0.2, 0.25) is 51.4 Å². The lowest BCUT2D eigenvalue weighted by molar-refractivity contribution is 0.387. The first kappa shape index (κ1) is 18.6. The molecule has 110 valence electrons. The fourth-order valence-corrected chi connectivity index (χ4v) is 17.1. The van der Waals surface area contributed by atoms with Crippen molar-refractivity contribution in [3.8, 4) is 0 Å². The number of rotatable bonds is 9. The molecule has 0 N–H and O–H groups in total. The molecule has 0 unspecified atom stereocenters. The van der Waals surface area contributed by atoms with Crippen molar-refractivity contribution in [1.29, 1.82) is 0 Å². The molecule has 0 amide bonds. The Hall–Kier alpha value is 0.571. The van der Waals surface area contributed by atoms with Crippen LogP contribution in [0, 0.1) is 0 Å². The van der Waals surface area contributed by atoms with Crippen molar-refractivity contribution >= 4 is 25.2 Å². The molecule has 18 heavy (non-hydrogen) atoms. The summed E-state index contributed by atoms with van der Waals surface area (Å²) in [4.78, 5) is 0. The van der Waals surface area contributed by atoms with Crippen LogP contribution in [-0.4, -0.2) is 25.2 Å². The lowest BCUT2D eigenvalue weighted by Crippen LogP contribution is -2.52. The summed E-state index contributed by atoms with van der Waals surface area (Å²) in [5, 5.41) is 0. The Bertz CT molecular complexity index is 240. The van der Waals surface area contributed by atoms with E-state index in [0.717, 1.165) is 0 Å². The zero-order chi connectivity index (χ0) is 14.4. The molecule has 0 aliphatic heterocycles. The zero-order valence-corrected chi connectivity index (χ0v) is 16.9. The highest BCUT2D eigenvalue weighted by molar-refractivity contribution is 6.87. The third kappa shape index (κ3) is 8.63. The summed E-state index contributed by atoms with van der Waals surface area (Å²) < 4.78 is 13.0. The minimum atomic E-state index is -1.94. The summed E-state index contributed by atoms with van der Waals surface area (Å²) in [6, 6.07) is 2.50. The first-order chi connectivity index (χ1) is 8.04. The van der Waals surface area contributed by atoms with E-state index in [1.54, 1.807) is 0 Å². The Balaban J connectivity index is 4.45. The smallest absolute Gasteiger partial charge is 0.311 e. The van der Waals surface area contributed by atoms with Crippen molar-refractivity contribution in [2.45, 2.75) is 84.5 Å². The van der Waals surface area contributed by atoms with Crippen LogP contribution >= 0.6 is 0 Å². The summed E-state index contributed by atoms with van der Waals surface area (Å²) in [5.41, 5.74) is 0. The summed E-state index contributed by atoms with van der Waals surface area (Å²) in [7, 11) is -4.97. The third-order valence-corrected chi connectivity index (χ3v) is 14.6. The highest BCUT2D eigenvalue weighted by Crippen LogP contribution is 2.26. The quantitative estimate of drug-likeness (QED) is 0.535. The number of hydrogen-bond donors (Lipinski definition) is 0. The van der Waals surface area contributed by atoms with Crippen molar-refractivity contribution in [1.82, 2.24) is 0 Å². The van der Waals surface area contributed by atoms with E-state index in [1.165, 1.54) is 31.4 Å². The minimum Gasteiger partial charge on any atom is -0.437 e. The van der Waals surface area contributed by atoms with Gasteiger partial charge < -0.3 is 8.23 Å². The van der Waals surface area contributed by atoms with Crippen LogP contribution in [0.4, 0.5) is 0 Å². The molecule has 0 aromatic heterocycles. The van der Waals surface area contributed by atoms with Gasteiger partial charge in [-0.05, 0) is 51.4 Å². The Labute approximate surface area is 118 Å². The van der Waals surface area contributed by atoms with Crippen molar-refractivity contribution in [2.75, 3.05) is 0 Å². The molecule has 0 aliphatic rings. The van der Waals surface area contributed by atoms with E-state index < -0.39 is 25.2 Å². The van der Waals surface area contributed by atoms with E-state index in [9.17, 15) is 0 Å². The van der Waals surface area contributed by atoms with Crippen LogP contribution in [-0.2, 0) is 8.23 Å². The molecule has 2 nitrogen and oxygen atoms in total. The summed E-state index contributed by atoms with van der Waals surface area (Å²) in [6.07, 6.45) is 3.78. The fraction of sp³-hybridized carbons (Fsp3) is 1.00. The van der Waals surface area contributed by atoms with E-state index in [1.807, 2.05) is 0 Å². The monoisotopic (exact) mass is 306 g/mol. The van der Waals surface area contributed by atoms with E-state index in [2.05, 4.69) is 53.1 Å². The lowest BCUT2D eigenvalue weighted by atomic mass is 10.4. The third-order valence-electron chi connectivity index (χ3n) is 3.03. The van der Waals surface area contributed by atoms with Crippen LogP contribution < -0.4 is 0 Å². The second kappa shape index (κ2) is 7.38. The molecule has 0 aromatic carbocycles. The van der Waals surface area contributed by atoms with Crippen molar-refractivity contribution in [2.24, 2.45) is 0 Å². The van der Waals surface area contributed by atoms with Crippen molar-refractivity contribution < 1.29 is 8.23 Å². The molecule has 0 bridgehead atoms. The molecular formula is C13H34O2Si3. The van der Waals surface area contributed by atoms with Crippen LogP contribution in [0.15, 0.2) is 0 Å². The molecule has 0 saturated carbocycles. The SMILES string of the molecule is CCCC[Si](C)(C)O[Si](C)(C)O[Si](C)(C)CCC. The van der Waals surface area contributed by atoms with Gasteiger partial charge in [0.15, 0.2) is 16.6 Å². The maximum Gasteiger partial charge on any atom is 0.311 e. The maximum atomic E-state index is 6.50.